The SMILES string of the molecule is N#CCCN(Cc1ccco1)CC(O)c1ccc(C#N)cc1. The van der Waals surface area contributed by atoms with Crippen molar-refractivity contribution in [2.24, 2.45) is 0 Å². The van der Waals surface area contributed by atoms with Crippen molar-refractivity contribution in [2.45, 2.75) is 19.1 Å². The van der Waals surface area contributed by atoms with Gasteiger partial charge in [0.2, 0.25) is 0 Å². The quantitative estimate of drug-likeness (QED) is 0.848. The average Bonchev–Trinajstić information content (AvgIpc) is 3.05. The lowest BCUT2D eigenvalue weighted by Crippen LogP contribution is -2.29. The molecule has 0 fully saturated rings. The molecule has 2 rings (SSSR count). The molecule has 0 bridgehead atoms. The zero-order valence-electron chi connectivity index (χ0n) is 12.1. The molecule has 1 N–H and O–H groups in total. The summed E-state index contributed by atoms with van der Waals surface area (Å²) in [5.41, 5.74) is 1.31. The van der Waals surface area contributed by atoms with Gasteiger partial charge in [0.15, 0.2) is 0 Å². The predicted molar refractivity (Wildman–Crippen MR) is 80.3 cm³/mol. The summed E-state index contributed by atoms with van der Waals surface area (Å²) < 4.78 is 5.32. The summed E-state index contributed by atoms with van der Waals surface area (Å²) in [6.07, 6.45) is 1.32. The maximum Gasteiger partial charge on any atom is 0.117 e. The van der Waals surface area contributed by atoms with E-state index in [2.05, 4.69) is 12.1 Å². The van der Waals surface area contributed by atoms with Crippen LogP contribution in [0.25, 0.3) is 0 Å². The second kappa shape index (κ2) is 7.99. The van der Waals surface area contributed by atoms with Crippen LogP contribution in [0.5, 0.6) is 0 Å². The number of nitrogens with zero attached hydrogens (tertiary/aromatic N) is 3. The Balaban J connectivity index is 2.01. The summed E-state index contributed by atoms with van der Waals surface area (Å²) in [5.74, 6) is 0.796. The van der Waals surface area contributed by atoms with Crippen molar-refractivity contribution in [3.05, 3.63) is 59.5 Å². The van der Waals surface area contributed by atoms with Crippen molar-refractivity contribution >= 4 is 0 Å². The predicted octanol–water partition coefficient (Wildman–Crippen LogP) is 2.60. The average molecular weight is 295 g/mol. The van der Waals surface area contributed by atoms with Crippen LogP contribution in [0.3, 0.4) is 0 Å². The number of furan rings is 1. The van der Waals surface area contributed by atoms with Gasteiger partial charge < -0.3 is 9.52 Å². The van der Waals surface area contributed by atoms with E-state index in [0.717, 1.165) is 11.3 Å². The third-order valence-corrected chi connectivity index (χ3v) is 3.36. The Morgan fingerprint density at radius 1 is 1.18 bits per heavy atom. The Kier molecular flexibility index (Phi) is 5.73. The van der Waals surface area contributed by atoms with Crippen LogP contribution < -0.4 is 0 Å². The molecule has 0 aliphatic rings. The number of aliphatic hydroxyl groups excluding tert-OH is 1. The van der Waals surface area contributed by atoms with Gasteiger partial charge in [-0.05, 0) is 29.8 Å². The Hall–Kier alpha value is -2.60. The molecule has 112 valence electrons. The summed E-state index contributed by atoms with van der Waals surface area (Å²) >= 11 is 0. The number of hydrogen-bond acceptors (Lipinski definition) is 5. The third kappa shape index (κ3) is 4.46. The summed E-state index contributed by atoms with van der Waals surface area (Å²) in [4.78, 5) is 1.98. The molecule has 2 aromatic rings. The van der Waals surface area contributed by atoms with E-state index < -0.39 is 6.10 Å². The van der Waals surface area contributed by atoms with Crippen LogP contribution in [0.2, 0.25) is 0 Å². The first kappa shape index (κ1) is 15.8. The molecule has 1 aromatic carbocycles. The number of benzene rings is 1. The van der Waals surface area contributed by atoms with Crippen LogP contribution >= 0.6 is 0 Å². The monoisotopic (exact) mass is 295 g/mol. The Labute approximate surface area is 129 Å². The summed E-state index contributed by atoms with van der Waals surface area (Å²) in [6, 6.07) is 14.7. The molecule has 1 aromatic heterocycles. The lowest BCUT2D eigenvalue weighted by molar-refractivity contribution is 0.106. The van der Waals surface area contributed by atoms with E-state index in [1.54, 1.807) is 30.5 Å². The normalized spacial score (nSPS) is 11.8. The molecular weight excluding hydrogens is 278 g/mol. The first-order valence-electron chi connectivity index (χ1n) is 7.02. The standard InChI is InChI=1S/C17H17N3O2/c18-8-2-9-20(12-16-3-1-10-22-16)13-17(21)15-6-4-14(11-19)5-7-15/h1,3-7,10,17,21H,2,9,12-13H2. The molecule has 0 saturated carbocycles. The van der Waals surface area contributed by atoms with Crippen molar-refractivity contribution in [3.8, 4) is 12.1 Å². The topological polar surface area (TPSA) is 84.2 Å². The molecule has 5 nitrogen and oxygen atoms in total. The molecule has 1 unspecified atom stereocenters. The number of hydrogen-bond donors (Lipinski definition) is 1. The van der Waals surface area contributed by atoms with Crippen molar-refractivity contribution in [2.75, 3.05) is 13.1 Å². The van der Waals surface area contributed by atoms with Gasteiger partial charge in [0.25, 0.3) is 0 Å². The van der Waals surface area contributed by atoms with E-state index in [9.17, 15) is 5.11 Å². The highest BCUT2D eigenvalue weighted by Crippen LogP contribution is 2.17. The van der Waals surface area contributed by atoms with Crippen LogP contribution in [0.15, 0.2) is 47.1 Å². The van der Waals surface area contributed by atoms with Gasteiger partial charge in [-0.25, -0.2) is 0 Å². The maximum absolute atomic E-state index is 10.3. The molecule has 22 heavy (non-hydrogen) atoms. The van der Waals surface area contributed by atoms with Gasteiger partial charge >= 0.3 is 0 Å². The molecule has 0 spiro atoms. The number of rotatable bonds is 7. The Bertz CT molecular complexity index is 651. The summed E-state index contributed by atoms with van der Waals surface area (Å²) in [7, 11) is 0. The lowest BCUT2D eigenvalue weighted by atomic mass is 10.1. The van der Waals surface area contributed by atoms with Crippen molar-refractivity contribution < 1.29 is 9.52 Å². The van der Waals surface area contributed by atoms with Crippen molar-refractivity contribution in [1.82, 2.24) is 4.90 Å². The molecule has 0 aliphatic carbocycles. The van der Waals surface area contributed by atoms with Crippen LogP contribution in [0.1, 0.15) is 29.4 Å². The van der Waals surface area contributed by atoms with E-state index in [1.807, 2.05) is 17.0 Å². The molecule has 1 heterocycles. The minimum Gasteiger partial charge on any atom is -0.468 e. The van der Waals surface area contributed by atoms with Crippen molar-refractivity contribution in [3.63, 3.8) is 0 Å². The van der Waals surface area contributed by atoms with Crippen LogP contribution in [0, 0.1) is 22.7 Å². The van der Waals surface area contributed by atoms with E-state index in [1.165, 1.54) is 0 Å². The molecule has 0 aliphatic heterocycles. The first-order valence-corrected chi connectivity index (χ1v) is 7.02. The molecule has 5 heteroatoms. The minimum atomic E-state index is -0.679. The third-order valence-electron chi connectivity index (χ3n) is 3.36. The summed E-state index contributed by atoms with van der Waals surface area (Å²) in [6.45, 7) is 1.50. The van der Waals surface area contributed by atoms with Gasteiger partial charge in [0.1, 0.15) is 5.76 Å². The van der Waals surface area contributed by atoms with E-state index >= 15 is 0 Å². The smallest absolute Gasteiger partial charge is 0.117 e. The van der Waals surface area contributed by atoms with Crippen LogP contribution in [-0.4, -0.2) is 23.1 Å². The molecule has 0 saturated heterocycles. The van der Waals surface area contributed by atoms with Crippen LogP contribution in [0.4, 0.5) is 0 Å². The largest absolute Gasteiger partial charge is 0.468 e. The highest BCUT2D eigenvalue weighted by atomic mass is 16.3. The first-order chi connectivity index (χ1) is 10.7. The van der Waals surface area contributed by atoms with Crippen molar-refractivity contribution in [1.29, 1.82) is 10.5 Å². The van der Waals surface area contributed by atoms with Gasteiger partial charge in [-0.3, -0.25) is 4.90 Å². The highest BCUT2D eigenvalue weighted by molar-refractivity contribution is 5.32. The second-order valence-electron chi connectivity index (χ2n) is 4.97. The fraction of sp³-hybridized carbons (Fsp3) is 0.294. The number of aliphatic hydroxyl groups is 1. The zero-order valence-corrected chi connectivity index (χ0v) is 12.1. The summed E-state index contributed by atoms with van der Waals surface area (Å²) in [5, 5.41) is 27.9. The van der Waals surface area contributed by atoms with Gasteiger partial charge in [0, 0.05) is 19.5 Å². The maximum atomic E-state index is 10.3. The van der Waals surface area contributed by atoms with Gasteiger partial charge in [-0.1, -0.05) is 12.1 Å². The molecule has 0 amide bonds. The minimum absolute atomic E-state index is 0.390. The van der Waals surface area contributed by atoms with E-state index in [4.69, 9.17) is 14.9 Å². The lowest BCUT2D eigenvalue weighted by Gasteiger charge is -2.23. The fourth-order valence-corrected chi connectivity index (χ4v) is 2.20. The van der Waals surface area contributed by atoms with Gasteiger partial charge in [0.05, 0.1) is 36.6 Å². The van der Waals surface area contributed by atoms with Crippen LogP contribution in [-0.2, 0) is 6.54 Å². The molecular formula is C17H17N3O2. The number of nitriles is 2. The van der Waals surface area contributed by atoms with Gasteiger partial charge in [-0.2, -0.15) is 10.5 Å². The highest BCUT2D eigenvalue weighted by Gasteiger charge is 2.15. The van der Waals surface area contributed by atoms with E-state index in [-0.39, 0.29) is 0 Å². The van der Waals surface area contributed by atoms with E-state index in [0.29, 0.717) is 31.6 Å². The Morgan fingerprint density at radius 3 is 2.55 bits per heavy atom. The molecule has 1 atom stereocenters. The Morgan fingerprint density at radius 2 is 1.95 bits per heavy atom. The zero-order chi connectivity index (χ0) is 15.8. The second-order valence-corrected chi connectivity index (χ2v) is 4.97. The van der Waals surface area contributed by atoms with Gasteiger partial charge in [-0.15, -0.1) is 0 Å². The fourth-order valence-electron chi connectivity index (χ4n) is 2.20. The molecule has 0 radical (unpaired) electrons.